The molecule has 2 N–H and O–H groups in total. The number of rotatable bonds is 6. The molecule has 0 radical (unpaired) electrons. The molecule has 4 unspecified atom stereocenters. The number of nitrogens with one attached hydrogen (secondary N) is 2. The minimum absolute atomic E-state index is 0.0322. The maximum atomic E-state index is 13.7. The normalized spacial score (nSPS) is 23.6. The predicted octanol–water partition coefficient (Wildman–Crippen LogP) is 4.84. The van der Waals surface area contributed by atoms with Crippen LogP contribution in [0, 0.1) is 17.7 Å². The van der Waals surface area contributed by atoms with Crippen molar-refractivity contribution in [1.82, 2.24) is 15.5 Å². The van der Waals surface area contributed by atoms with E-state index in [1.807, 2.05) is 6.92 Å². The van der Waals surface area contributed by atoms with Crippen LogP contribution in [0.1, 0.15) is 40.0 Å². The third-order valence-corrected chi connectivity index (χ3v) is 7.23. The van der Waals surface area contributed by atoms with Crippen molar-refractivity contribution in [3.8, 4) is 0 Å². The van der Waals surface area contributed by atoms with Crippen LogP contribution < -0.4 is 10.6 Å². The Kier molecular flexibility index (Phi) is 6.70. The van der Waals surface area contributed by atoms with Gasteiger partial charge in [0.2, 0.25) is 11.0 Å². The fourth-order valence-corrected chi connectivity index (χ4v) is 5.19. The minimum Gasteiger partial charge on any atom is -0.352 e. The zero-order valence-electron chi connectivity index (χ0n) is 15.7. The summed E-state index contributed by atoms with van der Waals surface area (Å²) >= 11 is 2.69. The van der Waals surface area contributed by atoms with Crippen LogP contribution in [0.3, 0.4) is 0 Å². The number of hydrogen-bond donors (Lipinski definition) is 2. The zero-order valence-corrected chi connectivity index (χ0v) is 17.4. The highest BCUT2D eigenvalue weighted by Gasteiger charge is 2.29. The van der Waals surface area contributed by atoms with Gasteiger partial charge in [0.25, 0.3) is 0 Å². The Morgan fingerprint density at radius 1 is 1.30 bits per heavy atom. The lowest BCUT2D eigenvalue weighted by Crippen LogP contribution is -2.46. The van der Waals surface area contributed by atoms with Gasteiger partial charge in [-0.25, -0.2) is 4.39 Å². The maximum Gasteiger partial charge on any atom is 0.233 e. The van der Waals surface area contributed by atoms with Gasteiger partial charge in [-0.15, -0.1) is 10.2 Å². The maximum absolute atomic E-state index is 13.7. The second kappa shape index (κ2) is 9.01. The summed E-state index contributed by atoms with van der Waals surface area (Å²) < 4.78 is 14.4. The molecule has 8 heteroatoms. The number of amides is 1. The molecular formula is C19H25FN4OS2. The Morgan fingerprint density at radius 3 is 2.85 bits per heavy atom. The van der Waals surface area contributed by atoms with E-state index in [0.717, 1.165) is 6.42 Å². The average molecular weight is 409 g/mol. The van der Waals surface area contributed by atoms with Crippen LogP contribution in [0.15, 0.2) is 28.6 Å². The first kappa shape index (κ1) is 20.1. The van der Waals surface area contributed by atoms with E-state index < -0.39 is 0 Å². The van der Waals surface area contributed by atoms with Gasteiger partial charge in [-0.2, -0.15) is 0 Å². The SMILES string of the molecule is CC(Sc1nnc(Nc2ccccc2F)s1)C(=O)NC1CCCC(C)C1C. The second-order valence-electron chi connectivity index (χ2n) is 7.12. The van der Waals surface area contributed by atoms with Crippen LogP contribution in [0.4, 0.5) is 15.2 Å². The van der Waals surface area contributed by atoms with E-state index in [1.165, 1.54) is 42.0 Å². The Morgan fingerprint density at radius 2 is 2.07 bits per heavy atom. The highest BCUT2D eigenvalue weighted by atomic mass is 32.2. The lowest BCUT2D eigenvalue weighted by molar-refractivity contribution is -0.121. The lowest BCUT2D eigenvalue weighted by Gasteiger charge is -2.35. The number of thioether (sulfide) groups is 1. The van der Waals surface area contributed by atoms with Gasteiger partial charge in [0.05, 0.1) is 10.9 Å². The number of carbonyl (C=O) groups excluding carboxylic acids is 1. The van der Waals surface area contributed by atoms with Crippen LogP contribution in [0.25, 0.3) is 0 Å². The van der Waals surface area contributed by atoms with E-state index in [4.69, 9.17) is 0 Å². The van der Waals surface area contributed by atoms with Crippen LogP contribution in [-0.4, -0.2) is 27.4 Å². The molecule has 1 saturated carbocycles. The first-order valence-corrected chi connectivity index (χ1v) is 11.0. The van der Waals surface area contributed by atoms with Gasteiger partial charge in [0.15, 0.2) is 4.34 Å². The highest BCUT2D eigenvalue weighted by Crippen LogP contribution is 2.32. The summed E-state index contributed by atoms with van der Waals surface area (Å²) in [6, 6.07) is 6.67. The van der Waals surface area contributed by atoms with Crippen molar-refractivity contribution in [2.45, 2.75) is 55.7 Å². The molecule has 146 valence electrons. The molecule has 0 aliphatic heterocycles. The molecule has 1 aliphatic carbocycles. The zero-order chi connectivity index (χ0) is 19.4. The standard InChI is InChI=1S/C19H25FN4OS2/c1-11-7-6-10-15(12(11)2)21-17(25)13(3)26-19-24-23-18(27-19)22-16-9-5-4-8-14(16)20/h4-5,8-9,11-13,15H,6-7,10H2,1-3H3,(H,21,25)(H,22,23). The van der Waals surface area contributed by atoms with Gasteiger partial charge in [0, 0.05) is 6.04 Å². The molecule has 1 amide bonds. The summed E-state index contributed by atoms with van der Waals surface area (Å²) in [5.74, 6) is 0.829. The topological polar surface area (TPSA) is 66.9 Å². The first-order chi connectivity index (χ1) is 12.9. The van der Waals surface area contributed by atoms with Crippen molar-refractivity contribution in [2.75, 3.05) is 5.32 Å². The fourth-order valence-electron chi connectivity index (χ4n) is 3.28. The molecule has 5 nitrogen and oxygen atoms in total. The van der Waals surface area contributed by atoms with Crippen molar-refractivity contribution in [3.63, 3.8) is 0 Å². The summed E-state index contributed by atoms with van der Waals surface area (Å²) in [5.41, 5.74) is 0.358. The lowest BCUT2D eigenvalue weighted by atomic mass is 9.78. The van der Waals surface area contributed by atoms with Gasteiger partial charge in [-0.1, -0.05) is 61.9 Å². The average Bonchev–Trinajstić information content (AvgIpc) is 3.08. The molecule has 27 heavy (non-hydrogen) atoms. The molecule has 0 bridgehead atoms. The Bertz CT molecular complexity index is 785. The number of benzene rings is 1. The number of aromatic nitrogens is 2. The third kappa shape index (κ3) is 5.19. The monoisotopic (exact) mass is 408 g/mol. The molecule has 3 rings (SSSR count). The van der Waals surface area contributed by atoms with Crippen molar-refractivity contribution in [2.24, 2.45) is 11.8 Å². The summed E-state index contributed by atoms with van der Waals surface area (Å²) in [7, 11) is 0. The van der Waals surface area contributed by atoms with Crippen molar-refractivity contribution >= 4 is 39.8 Å². The Balaban J connectivity index is 1.55. The van der Waals surface area contributed by atoms with E-state index >= 15 is 0 Å². The Labute approximate surface area is 167 Å². The summed E-state index contributed by atoms with van der Waals surface area (Å²) in [6.45, 7) is 6.35. The number of hydrogen-bond acceptors (Lipinski definition) is 6. The summed E-state index contributed by atoms with van der Waals surface area (Å²) in [5, 5.41) is 14.5. The predicted molar refractivity (Wildman–Crippen MR) is 109 cm³/mol. The quantitative estimate of drug-likeness (QED) is 0.669. The first-order valence-electron chi connectivity index (χ1n) is 9.26. The van der Waals surface area contributed by atoms with Crippen LogP contribution >= 0.6 is 23.1 Å². The van der Waals surface area contributed by atoms with Gasteiger partial charge in [0.1, 0.15) is 5.82 Å². The molecule has 1 aliphatic rings. The van der Waals surface area contributed by atoms with Gasteiger partial charge >= 0.3 is 0 Å². The van der Waals surface area contributed by atoms with Crippen molar-refractivity contribution < 1.29 is 9.18 Å². The second-order valence-corrected chi connectivity index (χ2v) is 9.69. The molecule has 0 saturated heterocycles. The molecule has 0 spiro atoms. The molecular weight excluding hydrogens is 383 g/mol. The molecule has 1 fully saturated rings. The van der Waals surface area contributed by atoms with Crippen molar-refractivity contribution in [3.05, 3.63) is 30.1 Å². The number of anilines is 2. The van der Waals surface area contributed by atoms with Gasteiger partial charge in [-0.3, -0.25) is 4.79 Å². The number of para-hydroxylation sites is 1. The molecule has 1 aromatic heterocycles. The molecule has 2 aromatic rings. The molecule has 4 atom stereocenters. The van der Waals surface area contributed by atoms with Gasteiger partial charge < -0.3 is 10.6 Å². The van der Waals surface area contributed by atoms with Crippen LogP contribution in [-0.2, 0) is 4.79 Å². The molecule has 1 aromatic carbocycles. The van der Waals surface area contributed by atoms with E-state index in [9.17, 15) is 9.18 Å². The van der Waals surface area contributed by atoms with E-state index in [0.29, 0.717) is 27.0 Å². The third-order valence-electron chi connectivity index (χ3n) is 5.20. The minimum atomic E-state index is -0.342. The number of halogens is 1. The van der Waals surface area contributed by atoms with E-state index in [-0.39, 0.29) is 23.0 Å². The molecule has 1 heterocycles. The highest BCUT2D eigenvalue weighted by molar-refractivity contribution is 8.02. The summed E-state index contributed by atoms with van der Waals surface area (Å²) in [6.07, 6.45) is 3.45. The van der Waals surface area contributed by atoms with E-state index in [1.54, 1.807) is 18.2 Å². The fraction of sp³-hybridized carbons (Fsp3) is 0.526. The number of carbonyl (C=O) groups is 1. The van der Waals surface area contributed by atoms with Gasteiger partial charge in [-0.05, 0) is 37.3 Å². The van der Waals surface area contributed by atoms with E-state index in [2.05, 4.69) is 34.7 Å². The largest absolute Gasteiger partial charge is 0.352 e. The smallest absolute Gasteiger partial charge is 0.233 e. The van der Waals surface area contributed by atoms with Crippen molar-refractivity contribution in [1.29, 1.82) is 0 Å². The number of nitrogens with zero attached hydrogens (tertiary/aromatic N) is 2. The summed E-state index contributed by atoms with van der Waals surface area (Å²) in [4.78, 5) is 12.6. The van der Waals surface area contributed by atoms with Crippen LogP contribution in [0.2, 0.25) is 0 Å². The van der Waals surface area contributed by atoms with Crippen LogP contribution in [0.5, 0.6) is 0 Å². The Hall–Kier alpha value is -1.67.